The Labute approximate surface area is 171 Å². The maximum absolute atomic E-state index is 13.8. The zero-order valence-corrected chi connectivity index (χ0v) is 15.7. The molecule has 1 amide bonds. The van der Waals surface area contributed by atoms with Gasteiger partial charge < -0.3 is 25.0 Å². The van der Waals surface area contributed by atoms with E-state index in [2.05, 4.69) is 0 Å². The molecule has 7 heteroatoms. The Bertz CT molecular complexity index is 1220. The summed E-state index contributed by atoms with van der Waals surface area (Å²) in [6.45, 7) is 0.109. The minimum absolute atomic E-state index is 0.0259. The lowest BCUT2D eigenvalue weighted by Crippen LogP contribution is -2.42. The first-order valence-electron chi connectivity index (χ1n) is 9.35. The van der Waals surface area contributed by atoms with Crippen LogP contribution in [0.25, 0.3) is 0 Å². The van der Waals surface area contributed by atoms with E-state index in [0.717, 1.165) is 0 Å². The van der Waals surface area contributed by atoms with E-state index in [-0.39, 0.29) is 36.1 Å². The van der Waals surface area contributed by atoms with Crippen molar-refractivity contribution in [2.75, 3.05) is 11.5 Å². The fourth-order valence-electron chi connectivity index (χ4n) is 4.39. The molecule has 30 heavy (non-hydrogen) atoms. The Hall–Kier alpha value is -4.00. The van der Waals surface area contributed by atoms with Crippen LogP contribution in [0.5, 0.6) is 17.2 Å². The van der Waals surface area contributed by atoms with E-state index in [4.69, 9.17) is 4.74 Å². The third-order valence-corrected chi connectivity index (χ3v) is 5.82. The van der Waals surface area contributed by atoms with Gasteiger partial charge >= 0.3 is 5.97 Å². The first-order valence-corrected chi connectivity index (χ1v) is 9.35. The van der Waals surface area contributed by atoms with Gasteiger partial charge in [-0.15, -0.1) is 0 Å². The van der Waals surface area contributed by atoms with Gasteiger partial charge in [-0.25, -0.2) is 4.79 Å². The summed E-state index contributed by atoms with van der Waals surface area (Å²) in [7, 11) is 0. The molecule has 1 spiro atoms. The number of para-hydroxylation sites is 1. The van der Waals surface area contributed by atoms with Gasteiger partial charge in [0.1, 0.15) is 17.8 Å². The number of nitrogens with zero attached hydrogens (tertiary/aromatic N) is 1. The van der Waals surface area contributed by atoms with Gasteiger partial charge in [0, 0.05) is 17.3 Å². The average Bonchev–Trinajstić information content (AvgIpc) is 3.21. The number of fused-ring (bicyclic) bond motifs is 4. The maximum Gasteiger partial charge on any atom is 0.336 e. The van der Waals surface area contributed by atoms with Crippen LogP contribution in [0.3, 0.4) is 0 Å². The minimum atomic E-state index is -1.17. The lowest BCUT2D eigenvalue weighted by Gasteiger charge is -2.23. The number of hydrogen-bond acceptors (Lipinski definition) is 5. The van der Waals surface area contributed by atoms with Crippen molar-refractivity contribution in [1.82, 2.24) is 0 Å². The molecule has 0 aromatic heterocycles. The van der Waals surface area contributed by atoms with Crippen LogP contribution < -0.4 is 9.64 Å². The zero-order chi connectivity index (χ0) is 21.0. The fourth-order valence-corrected chi connectivity index (χ4v) is 4.39. The Kier molecular flexibility index (Phi) is 3.76. The number of carbonyl (C=O) groups is 2. The van der Waals surface area contributed by atoms with Crippen molar-refractivity contribution in [3.05, 3.63) is 82.9 Å². The van der Waals surface area contributed by atoms with Crippen LogP contribution in [-0.4, -0.2) is 33.8 Å². The van der Waals surface area contributed by atoms with Crippen LogP contribution in [0.4, 0.5) is 5.69 Å². The number of carboxylic acids is 1. The van der Waals surface area contributed by atoms with Gasteiger partial charge in [0.2, 0.25) is 5.91 Å². The van der Waals surface area contributed by atoms with E-state index in [1.54, 1.807) is 23.1 Å². The standard InChI is InChI=1S/C23H17NO6/c25-18-9-16-20(10-19(18)26)30-12-23(16)15-7-3-4-8-17(15)24(22(23)29)11-13-5-1-2-6-14(13)21(27)28/h1-10,25-26H,11-12H2,(H,27,28). The lowest BCUT2D eigenvalue weighted by molar-refractivity contribution is -0.122. The smallest absolute Gasteiger partial charge is 0.336 e. The van der Waals surface area contributed by atoms with Crippen molar-refractivity contribution in [1.29, 1.82) is 0 Å². The first-order chi connectivity index (χ1) is 14.4. The molecule has 0 saturated heterocycles. The molecular formula is C23H17NO6. The number of aromatic hydroxyl groups is 2. The highest BCUT2D eigenvalue weighted by Gasteiger charge is 2.57. The predicted molar refractivity (Wildman–Crippen MR) is 107 cm³/mol. The highest BCUT2D eigenvalue weighted by molar-refractivity contribution is 6.11. The number of anilines is 1. The Morgan fingerprint density at radius 2 is 1.70 bits per heavy atom. The second kappa shape index (κ2) is 6.25. The second-order valence-corrected chi connectivity index (χ2v) is 7.40. The number of phenolic OH excluding ortho intramolecular Hbond substituents is 2. The molecule has 150 valence electrons. The number of phenols is 2. The molecule has 0 aliphatic carbocycles. The van der Waals surface area contributed by atoms with E-state index in [9.17, 15) is 24.9 Å². The molecular weight excluding hydrogens is 386 g/mol. The molecule has 2 aliphatic rings. The van der Waals surface area contributed by atoms with E-state index in [1.165, 1.54) is 18.2 Å². The number of carbonyl (C=O) groups excluding carboxylic acids is 1. The molecule has 1 unspecified atom stereocenters. The Balaban J connectivity index is 1.66. The molecule has 0 bridgehead atoms. The maximum atomic E-state index is 13.8. The summed E-state index contributed by atoms with van der Waals surface area (Å²) in [4.78, 5) is 27.0. The largest absolute Gasteiger partial charge is 0.504 e. The Morgan fingerprint density at radius 3 is 2.50 bits per heavy atom. The normalized spacial score (nSPS) is 18.9. The van der Waals surface area contributed by atoms with Crippen LogP contribution in [-0.2, 0) is 16.8 Å². The third-order valence-electron chi connectivity index (χ3n) is 5.82. The Morgan fingerprint density at radius 1 is 1.00 bits per heavy atom. The quantitative estimate of drug-likeness (QED) is 0.581. The fraction of sp³-hybridized carbons (Fsp3) is 0.130. The van der Waals surface area contributed by atoms with Gasteiger partial charge in [-0.3, -0.25) is 4.79 Å². The van der Waals surface area contributed by atoms with Gasteiger partial charge in [-0.1, -0.05) is 36.4 Å². The molecule has 3 aromatic rings. The molecule has 0 fully saturated rings. The molecule has 0 radical (unpaired) electrons. The highest BCUT2D eigenvalue weighted by atomic mass is 16.5. The van der Waals surface area contributed by atoms with Gasteiger partial charge in [0.15, 0.2) is 11.5 Å². The van der Waals surface area contributed by atoms with E-state index < -0.39 is 11.4 Å². The highest BCUT2D eigenvalue weighted by Crippen LogP contribution is 2.54. The third kappa shape index (κ3) is 2.32. The summed E-state index contributed by atoms with van der Waals surface area (Å²) in [6.07, 6.45) is 0. The topological polar surface area (TPSA) is 107 Å². The van der Waals surface area contributed by atoms with Crippen molar-refractivity contribution >= 4 is 17.6 Å². The number of hydrogen-bond donors (Lipinski definition) is 3. The number of aromatic carboxylic acids is 1. The van der Waals surface area contributed by atoms with Gasteiger partial charge in [0.25, 0.3) is 0 Å². The predicted octanol–water partition coefficient (Wildman–Crippen LogP) is 3.02. The van der Waals surface area contributed by atoms with Gasteiger partial charge in [0.05, 0.1) is 12.1 Å². The SMILES string of the molecule is O=C(O)c1ccccc1CN1C(=O)C2(COc3cc(O)c(O)cc32)c2ccccc21. The van der Waals surface area contributed by atoms with Crippen molar-refractivity contribution in [2.24, 2.45) is 0 Å². The van der Waals surface area contributed by atoms with Gasteiger partial charge in [-0.05, 0) is 29.3 Å². The average molecular weight is 403 g/mol. The molecule has 3 aromatic carbocycles. The number of carboxylic acid groups (broad SMARTS) is 1. The van der Waals surface area contributed by atoms with Crippen molar-refractivity contribution in [2.45, 2.75) is 12.0 Å². The molecule has 5 rings (SSSR count). The molecule has 0 saturated carbocycles. The van der Waals surface area contributed by atoms with Crippen LogP contribution in [0.15, 0.2) is 60.7 Å². The zero-order valence-electron chi connectivity index (χ0n) is 15.7. The first kappa shape index (κ1) is 18.1. The summed E-state index contributed by atoms with van der Waals surface area (Å²) in [5.74, 6) is -1.65. The van der Waals surface area contributed by atoms with Crippen LogP contribution in [0.1, 0.15) is 27.0 Å². The summed E-state index contributed by atoms with van der Waals surface area (Å²) < 4.78 is 5.75. The molecule has 7 nitrogen and oxygen atoms in total. The van der Waals surface area contributed by atoms with Crippen molar-refractivity contribution < 1.29 is 29.6 Å². The second-order valence-electron chi connectivity index (χ2n) is 7.40. The number of rotatable bonds is 3. The summed E-state index contributed by atoms with van der Waals surface area (Å²) in [5, 5.41) is 29.4. The lowest BCUT2D eigenvalue weighted by atomic mass is 9.77. The van der Waals surface area contributed by atoms with E-state index in [1.807, 2.05) is 24.3 Å². The molecule has 3 N–H and O–H groups in total. The molecule has 1 atom stereocenters. The van der Waals surface area contributed by atoms with Crippen LogP contribution in [0, 0.1) is 0 Å². The summed E-state index contributed by atoms with van der Waals surface area (Å²) in [5.41, 5.74) is 1.32. The van der Waals surface area contributed by atoms with E-state index in [0.29, 0.717) is 28.1 Å². The minimum Gasteiger partial charge on any atom is -0.504 e. The molecule has 2 aliphatic heterocycles. The molecule has 2 heterocycles. The van der Waals surface area contributed by atoms with Crippen molar-refractivity contribution in [3.63, 3.8) is 0 Å². The van der Waals surface area contributed by atoms with Crippen molar-refractivity contribution in [3.8, 4) is 17.2 Å². The van der Waals surface area contributed by atoms with Gasteiger partial charge in [-0.2, -0.15) is 0 Å². The summed E-state index contributed by atoms with van der Waals surface area (Å²) >= 11 is 0. The summed E-state index contributed by atoms with van der Waals surface area (Å²) in [6, 6.07) is 16.5. The van der Waals surface area contributed by atoms with E-state index >= 15 is 0 Å². The van der Waals surface area contributed by atoms with Crippen LogP contribution in [0.2, 0.25) is 0 Å². The number of ether oxygens (including phenoxy) is 1. The number of amides is 1. The number of benzene rings is 3. The monoisotopic (exact) mass is 403 g/mol. The van der Waals surface area contributed by atoms with Crippen LogP contribution >= 0.6 is 0 Å².